The average molecular weight is 383 g/mol. The first kappa shape index (κ1) is 20.1. The number of pyridine rings is 1. The van der Waals surface area contributed by atoms with Crippen LogP contribution in [0.5, 0.6) is 5.75 Å². The summed E-state index contributed by atoms with van der Waals surface area (Å²) in [5.41, 5.74) is 2.11. The lowest BCUT2D eigenvalue weighted by atomic mass is 10.2. The zero-order chi connectivity index (χ0) is 20.1. The summed E-state index contributed by atoms with van der Waals surface area (Å²) in [5.74, 6) is 1.47. The Morgan fingerprint density at radius 3 is 2.50 bits per heavy atom. The number of rotatable bonds is 6. The number of aromatic nitrogens is 1. The average Bonchev–Trinajstić information content (AvgIpc) is 2.67. The third-order valence-corrected chi connectivity index (χ3v) is 4.72. The first-order valence-corrected chi connectivity index (χ1v) is 9.77. The van der Waals surface area contributed by atoms with E-state index in [1.165, 1.54) is 0 Å². The van der Waals surface area contributed by atoms with E-state index in [-0.39, 0.29) is 18.1 Å². The lowest BCUT2D eigenvalue weighted by Crippen LogP contribution is -2.45. The van der Waals surface area contributed by atoms with Gasteiger partial charge in [0.2, 0.25) is 0 Å². The van der Waals surface area contributed by atoms with Crippen LogP contribution >= 0.6 is 0 Å². The van der Waals surface area contributed by atoms with Crippen LogP contribution in [0.1, 0.15) is 31.9 Å². The molecule has 3 atom stereocenters. The van der Waals surface area contributed by atoms with Crippen LogP contribution in [-0.4, -0.2) is 42.3 Å². The van der Waals surface area contributed by atoms with E-state index in [4.69, 9.17) is 9.47 Å². The fraction of sp³-hybridized carbons (Fsp3) is 0.455. The standard InChI is InChI=1S/C22H29N3O3/c1-15-5-8-20(9-6-15)28-18(4)22(26)24-12-19-7-10-21(23-11-19)25-13-16(2)27-17(3)14-25/h5-11,16-18H,12-14H2,1-4H3,(H,24,26). The Labute approximate surface area is 166 Å². The molecule has 150 valence electrons. The van der Waals surface area contributed by atoms with Crippen LogP contribution < -0.4 is 15.0 Å². The third-order valence-electron chi connectivity index (χ3n) is 4.72. The van der Waals surface area contributed by atoms with Gasteiger partial charge in [-0.2, -0.15) is 0 Å². The quantitative estimate of drug-likeness (QED) is 0.831. The van der Waals surface area contributed by atoms with Crippen molar-refractivity contribution < 1.29 is 14.3 Å². The van der Waals surface area contributed by atoms with E-state index < -0.39 is 6.10 Å². The maximum Gasteiger partial charge on any atom is 0.261 e. The van der Waals surface area contributed by atoms with Crippen LogP contribution in [0.15, 0.2) is 42.6 Å². The molecule has 1 N–H and O–H groups in total. The van der Waals surface area contributed by atoms with Gasteiger partial charge in [-0.15, -0.1) is 0 Å². The van der Waals surface area contributed by atoms with Crippen molar-refractivity contribution in [1.29, 1.82) is 0 Å². The maximum absolute atomic E-state index is 12.3. The second-order valence-corrected chi connectivity index (χ2v) is 7.48. The van der Waals surface area contributed by atoms with E-state index in [1.807, 2.05) is 49.5 Å². The van der Waals surface area contributed by atoms with Crippen molar-refractivity contribution in [1.82, 2.24) is 10.3 Å². The van der Waals surface area contributed by atoms with E-state index >= 15 is 0 Å². The Morgan fingerprint density at radius 1 is 1.21 bits per heavy atom. The van der Waals surface area contributed by atoms with Gasteiger partial charge < -0.3 is 19.7 Å². The number of carbonyl (C=O) groups is 1. The van der Waals surface area contributed by atoms with Gasteiger partial charge >= 0.3 is 0 Å². The highest BCUT2D eigenvalue weighted by atomic mass is 16.5. The smallest absolute Gasteiger partial charge is 0.261 e. The van der Waals surface area contributed by atoms with E-state index in [0.29, 0.717) is 12.3 Å². The molecule has 0 bridgehead atoms. The summed E-state index contributed by atoms with van der Waals surface area (Å²) in [6.07, 6.45) is 1.64. The highest BCUT2D eigenvalue weighted by Gasteiger charge is 2.23. The predicted octanol–water partition coefficient (Wildman–Crippen LogP) is 3.09. The zero-order valence-corrected chi connectivity index (χ0v) is 17.0. The summed E-state index contributed by atoms with van der Waals surface area (Å²) in [4.78, 5) is 19.1. The molecule has 1 aromatic carbocycles. The number of carbonyl (C=O) groups excluding carboxylic acids is 1. The van der Waals surface area contributed by atoms with Gasteiger partial charge in [0.25, 0.3) is 5.91 Å². The molecule has 1 saturated heterocycles. The number of nitrogens with one attached hydrogen (secondary N) is 1. The number of hydrogen-bond acceptors (Lipinski definition) is 5. The van der Waals surface area contributed by atoms with E-state index in [1.54, 1.807) is 6.92 Å². The molecule has 2 heterocycles. The highest BCUT2D eigenvalue weighted by molar-refractivity contribution is 5.80. The molecule has 3 unspecified atom stereocenters. The molecule has 0 saturated carbocycles. The number of ether oxygens (including phenoxy) is 2. The molecule has 1 aliphatic rings. The summed E-state index contributed by atoms with van der Waals surface area (Å²) in [6.45, 7) is 10.0. The molecule has 1 aromatic heterocycles. The number of nitrogens with zero attached hydrogens (tertiary/aromatic N) is 2. The molecule has 1 aliphatic heterocycles. The van der Waals surface area contributed by atoms with Crippen LogP contribution in [0.3, 0.4) is 0 Å². The molecule has 6 nitrogen and oxygen atoms in total. The van der Waals surface area contributed by atoms with Gasteiger partial charge in [-0.1, -0.05) is 23.8 Å². The van der Waals surface area contributed by atoms with Gasteiger partial charge in [-0.3, -0.25) is 4.79 Å². The van der Waals surface area contributed by atoms with E-state index in [9.17, 15) is 4.79 Å². The third kappa shape index (κ3) is 5.45. The van der Waals surface area contributed by atoms with Gasteiger partial charge in [0.05, 0.1) is 12.2 Å². The van der Waals surface area contributed by atoms with Gasteiger partial charge in [0, 0.05) is 25.8 Å². The van der Waals surface area contributed by atoms with Gasteiger partial charge in [-0.05, 0) is 51.5 Å². The largest absolute Gasteiger partial charge is 0.481 e. The second-order valence-electron chi connectivity index (χ2n) is 7.48. The van der Waals surface area contributed by atoms with Crippen LogP contribution in [0.2, 0.25) is 0 Å². The normalized spacial score (nSPS) is 20.5. The van der Waals surface area contributed by atoms with E-state index in [0.717, 1.165) is 30.0 Å². The summed E-state index contributed by atoms with van der Waals surface area (Å²) in [6, 6.07) is 11.7. The molecule has 6 heteroatoms. The Kier molecular flexibility index (Phi) is 6.52. The summed E-state index contributed by atoms with van der Waals surface area (Å²) >= 11 is 0. The molecule has 0 spiro atoms. The van der Waals surface area contributed by atoms with Crippen LogP contribution in [0, 0.1) is 6.92 Å². The summed E-state index contributed by atoms with van der Waals surface area (Å²) < 4.78 is 11.5. The summed E-state index contributed by atoms with van der Waals surface area (Å²) in [5, 5.41) is 2.91. The van der Waals surface area contributed by atoms with Crippen molar-refractivity contribution in [2.24, 2.45) is 0 Å². The fourth-order valence-corrected chi connectivity index (χ4v) is 3.28. The Hall–Kier alpha value is -2.60. The topological polar surface area (TPSA) is 63.7 Å². The molecule has 2 aromatic rings. The van der Waals surface area contributed by atoms with Crippen molar-refractivity contribution in [2.75, 3.05) is 18.0 Å². The number of amides is 1. The summed E-state index contributed by atoms with van der Waals surface area (Å²) in [7, 11) is 0. The van der Waals surface area contributed by atoms with Crippen molar-refractivity contribution in [3.63, 3.8) is 0 Å². The Morgan fingerprint density at radius 2 is 1.89 bits per heavy atom. The van der Waals surface area contributed by atoms with Crippen LogP contribution in [0.25, 0.3) is 0 Å². The molecule has 0 radical (unpaired) electrons. The Balaban J connectivity index is 1.50. The van der Waals surface area contributed by atoms with Crippen molar-refractivity contribution >= 4 is 11.7 Å². The second kappa shape index (κ2) is 9.06. The fourth-order valence-electron chi connectivity index (χ4n) is 3.28. The lowest BCUT2D eigenvalue weighted by Gasteiger charge is -2.36. The first-order valence-electron chi connectivity index (χ1n) is 9.77. The van der Waals surface area contributed by atoms with Crippen molar-refractivity contribution in [2.45, 2.75) is 52.6 Å². The van der Waals surface area contributed by atoms with Gasteiger partial charge in [0.15, 0.2) is 6.10 Å². The minimum absolute atomic E-state index is 0.152. The van der Waals surface area contributed by atoms with E-state index in [2.05, 4.69) is 29.0 Å². The van der Waals surface area contributed by atoms with Crippen LogP contribution in [-0.2, 0) is 16.1 Å². The van der Waals surface area contributed by atoms with Crippen molar-refractivity contribution in [3.8, 4) is 5.75 Å². The molecular formula is C22H29N3O3. The highest BCUT2D eigenvalue weighted by Crippen LogP contribution is 2.18. The van der Waals surface area contributed by atoms with Gasteiger partial charge in [0.1, 0.15) is 11.6 Å². The molecule has 1 amide bonds. The monoisotopic (exact) mass is 383 g/mol. The van der Waals surface area contributed by atoms with Crippen LogP contribution in [0.4, 0.5) is 5.82 Å². The molecule has 0 aliphatic carbocycles. The molecule has 28 heavy (non-hydrogen) atoms. The van der Waals surface area contributed by atoms with Gasteiger partial charge in [-0.25, -0.2) is 4.98 Å². The number of morpholine rings is 1. The maximum atomic E-state index is 12.3. The number of hydrogen-bond donors (Lipinski definition) is 1. The minimum Gasteiger partial charge on any atom is -0.481 e. The Bertz CT molecular complexity index is 767. The zero-order valence-electron chi connectivity index (χ0n) is 17.0. The minimum atomic E-state index is -0.564. The molecule has 3 rings (SSSR count). The number of benzene rings is 1. The molecule has 1 fully saturated rings. The number of anilines is 1. The number of aryl methyl sites for hydroxylation is 1. The predicted molar refractivity (Wildman–Crippen MR) is 110 cm³/mol. The SMILES string of the molecule is Cc1ccc(OC(C)C(=O)NCc2ccc(N3CC(C)OC(C)C3)nc2)cc1. The first-order chi connectivity index (χ1) is 13.4. The molecular weight excluding hydrogens is 354 g/mol. The van der Waals surface area contributed by atoms with Crippen molar-refractivity contribution in [3.05, 3.63) is 53.7 Å². The lowest BCUT2D eigenvalue weighted by molar-refractivity contribution is -0.127.